The maximum atomic E-state index is 2.34. The molecule has 1 aliphatic carbocycles. The quantitative estimate of drug-likeness (QED) is 0.573. The van der Waals surface area contributed by atoms with Crippen molar-refractivity contribution in [3.05, 3.63) is 42.8 Å². The first-order chi connectivity index (χ1) is 5.79. The monoisotopic (exact) mass is 375 g/mol. The predicted octanol–water partition coefficient (Wildman–Crippen LogP) is 4.77. The Kier molecular flexibility index (Phi) is 8.34. The average molecular weight is 375 g/mol. The van der Waals surface area contributed by atoms with Gasteiger partial charge in [-0.1, -0.05) is 45.5 Å². The number of rotatable bonds is 0. The summed E-state index contributed by atoms with van der Waals surface area (Å²) < 4.78 is 0. The zero-order valence-corrected chi connectivity index (χ0v) is 12.2. The molecule has 0 saturated heterocycles. The Hall–Kier alpha value is -0.0917. The summed E-state index contributed by atoms with van der Waals surface area (Å²) in [5.74, 6) is 1.55. The minimum atomic E-state index is 0. The molecule has 0 fully saturated rings. The van der Waals surface area contributed by atoms with E-state index in [1.807, 2.05) is 0 Å². The van der Waals surface area contributed by atoms with E-state index in [4.69, 9.17) is 0 Å². The molecular weight excluding hydrogens is 352 g/mol. The Bertz CT molecular complexity index is 251. The van der Waals surface area contributed by atoms with Crippen molar-refractivity contribution < 1.29 is 21.1 Å². The van der Waals surface area contributed by atoms with Gasteiger partial charge < -0.3 is 7.43 Å². The number of fused-ring (bicyclic) bond motifs is 1. The molecule has 1 heteroatoms. The van der Waals surface area contributed by atoms with Gasteiger partial charge in [0.2, 0.25) is 0 Å². The van der Waals surface area contributed by atoms with Crippen molar-refractivity contribution in [2.24, 2.45) is 0 Å². The van der Waals surface area contributed by atoms with Crippen molar-refractivity contribution in [1.29, 1.82) is 0 Å². The molecule has 0 bridgehead atoms. The first kappa shape index (κ1) is 17.3. The smallest absolute Gasteiger partial charge is 0 e. The normalized spacial score (nSPS) is 22.5. The second-order valence-corrected chi connectivity index (χ2v) is 4.01. The molecule has 0 N–H and O–H groups in total. The summed E-state index contributed by atoms with van der Waals surface area (Å²) in [6, 6.07) is 8.89. The van der Waals surface area contributed by atoms with Crippen LogP contribution in [0.5, 0.6) is 0 Å². The van der Waals surface area contributed by atoms with Crippen molar-refractivity contribution in [3.8, 4) is 0 Å². The van der Waals surface area contributed by atoms with Crippen LogP contribution in [0.3, 0.4) is 0 Å². The first-order valence-corrected chi connectivity index (χ1v) is 4.88. The van der Waals surface area contributed by atoms with Gasteiger partial charge in [-0.15, -0.1) is 0 Å². The van der Waals surface area contributed by atoms with Crippen LogP contribution in [-0.2, 0) is 21.1 Å². The van der Waals surface area contributed by atoms with Gasteiger partial charge in [0.15, 0.2) is 0 Å². The number of hydrogen-bond donors (Lipinski definition) is 0. The maximum absolute atomic E-state index is 2.34. The summed E-state index contributed by atoms with van der Waals surface area (Å²) in [5, 5.41) is 0. The van der Waals surface area contributed by atoms with Crippen LogP contribution in [0.1, 0.15) is 57.1 Å². The van der Waals surface area contributed by atoms with E-state index in [0.29, 0.717) is 0 Å². The van der Waals surface area contributed by atoms with Crippen LogP contribution in [0.2, 0.25) is 0 Å². The fourth-order valence-corrected chi connectivity index (χ4v) is 2.22. The molecule has 1 aliphatic rings. The summed E-state index contributed by atoms with van der Waals surface area (Å²) >= 11 is 0. The first-order valence-electron chi connectivity index (χ1n) is 4.88. The molecule has 1 aromatic carbocycles. The average Bonchev–Trinajstić information content (AvgIpc) is 2.12. The fraction of sp³-hybridized carbons (Fsp3) is 0.500. The molecule has 2 unspecified atom stereocenters. The SMILES string of the molecule is C.CC1CCC(C)c2ccccc21.[CH3-].[W]. The van der Waals surface area contributed by atoms with Crippen molar-refractivity contribution in [2.45, 2.75) is 46.0 Å². The fourth-order valence-electron chi connectivity index (χ4n) is 2.22. The topological polar surface area (TPSA) is 0 Å². The molecule has 0 aromatic heterocycles. The maximum Gasteiger partial charge on any atom is 0 e. The molecule has 0 radical (unpaired) electrons. The van der Waals surface area contributed by atoms with Crippen LogP contribution >= 0.6 is 0 Å². The molecule has 2 rings (SSSR count). The van der Waals surface area contributed by atoms with E-state index in [9.17, 15) is 0 Å². The molecule has 0 aliphatic heterocycles. The summed E-state index contributed by atoms with van der Waals surface area (Å²) in [5.41, 5.74) is 3.16. The zero-order valence-electron chi connectivity index (χ0n) is 9.29. The van der Waals surface area contributed by atoms with Gasteiger partial charge in [0.25, 0.3) is 0 Å². The minimum absolute atomic E-state index is 0. The van der Waals surface area contributed by atoms with Crippen LogP contribution in [0.25, 0.3) is 0 Å². The van der Waals surface area contributed by atoms with E-state index in [-0.39, 0.29) is 35.9 Å². The Morgan fingerprint density at radius 2 is 1.27 bits per heavy atom. The minimum Gasteiger partial charge on any atom is -0.358 e. The van der Waals surface area contributed by atoms with E-state index in [1.165, 1.54) is 12.8 Å². The molecule has 0 saturated carbocycles. The van der Waals surface area contributed by atoms with E-state index >= 15 is 0 Å². The molecule has 86 valence electrons. The second-order valence-electron chi connectivity index (χ2n) is 4.01. The van der Waals surface area contributed by atoms with Gasteiger partial charge in [-0.3, -0.25) is 0 Å². The Morgan fingerprint density at radius 1 is 0.933 bits per heavy atom. The zero-order chi connectivity index (χ0) is 8.55. The molecule has 1 aromatic rings. The van der Waals surface area contributed by atoms with E-state index < -0.39 is 0 Å². The van der Waals surface area contributed by atoms with Gasteiger partial charge in [-0.2, -0.15) is 0 Å². The molecule has 0 amide bonds. The molecule has 0 spiro atoms. The molecular formula is C14H23W-. The largest absolute Gasteiger partial charge is 0.358 e. The Labute approximate surface area is 110 Å². The predicted molar refractivity (Wildman–Crippen MR) is 65.7 cm³/mol. The van der Waals surface area contributed by atoms with Crippen molar-refractivity contribution >= 4 is 0 Å². The van der Waals surface area contributed by atoms with Crippen LogP contribution < -0.4 is 0 Å². The van der Waals surface area contributed by atoms with Gasteiger partial charge in [-0.05, 0) is 35.8 Å². The number of benzene rings is 1. The third-order valence-corrected chi connectivity index (χ3v) is 3.09. The van der Waals surface area contributed by atoms with Crippen molar-refractivity contribution in [3.63, 3.8) is 0 Å². The van der Waals surface area contributed by atoms with E-state index in [0.717, 1.165) is 11.8 Å². The molecule has 15 heavy (non-hydrogen) atoms. The van der Waals surface area contributed by atoms with Gasteiger partial charge in [0, 0.05) is 21.1 Å². The summed E-state index contributed by atoms with van der Waals surface area (Å²) in [4.78, 5) is 0. The number of hydrogen-bond acceptors (Lipinski definition) is 0. The van der Waals surface area contributed by atoms with Crippen LogP contribution in [-0.4, -0.2) is 0 Å². The van der Waals surface area contributed by atoms with Gasteiger partial charge in [0.1, 0.15) is 0 Å². The van der Waals surface area contributed by atoms with Gasteiger partial charge in [0.05, 0.1) is 0 Å². The second kappa shape index (κ2) is 7.23. The standard InChI is InChI=1S/C12H16.CH4.CH3.W/c1-9-7-8-10(2)12-6-4-3-5-11(9)12;;;/h3-6,9-10H,7-8H2,1-2H3;1H4;1H3;/q;;-1;. The van der Waals surface area contributed by atoms with Crippen LogP contribution in [0, 0.1) is 7.43 Å². The van der Waals surface area contributed by atoms with Crippen LogP contribution in [0.15, 0.2) is 24.3 Å². The summed E-state index contributed by atoms with van der Waals surface area (Å²) in [7, 11) is 0. The third-order valence-electron chi connectivity index (χ3n) is 3.09. The van der Waals surface area contributed by atoms with Crippen LogP contribution in [0.4, 0.5) is 0 Å². The summed E-state index contributed by atoms with van der Waals surface area (Å²) in [6.07, 6.45) is 2.72. The summed E-state index contributed by atoms with van der Waals surface area (Å²) in [6.45, 7) is 4.68. The Morgan fingerprint density at radius 3 is 1.60 bits per heavy atom. The van der Waals surface area contributed by atoms with E-state index in [2.05, 4.69) is 38.1 Å². The molecule has 0 nitrogen and oxygen atoms in total. The molecule has 0 heterocycles. The van der Waals surface area contributed by atoms with Crippen molar-refractivity contribution in [2.75, 3.05) is 0 Å². The Balaban J connectivity index is 0. The van der Waals surface area contributed by atoms with E-state index in [1.54, 1.807) is 11.1 Å². The molecule has 2 atom stereocenters. The van der Waals surface area contributed by atoms with Gasteiger partial charge in [-0.25, -0.2) is 0 Å². The van der Waals surface area contributed by atoms with Gasteiger partial charge >= 0.3 is 0 Å². The third kappa shape index (κ3) is 3.45. The van der Waals surface area contributed by atoms with Crippen molar-refractivity contribution in [1.82, 2.24) is 0 Å².